The first-order chi connectivity index (χ1) is 13.9. The summed E-state index contributed by atoms with van der Waals surface area (Å²) in [6, 6.07) is 15.7. The molecule has 1 aliphatic carbocycles. The maximum absolute atomic E-state index is 12.1. The van der Waals surface area contributed by atoms with Crippen LogP contribution in [0.3, 0.4) is 0 Å². The Morgan fingerprint density at radius 2 is 1.69 bits per heavy atom. The van der Waals surface area contributed by atoms with E-state index in [0.29, 0.717) is 10.4 Å². The topological polar surface area (TPSA) is 110 Å². The number of aromatic nitrogens is 1. The first-order valence-corrected chi connectivity index (χ1v) is 8.89. The Bertz CT molecular complexity index is 1080. The summed E-state index contributed by atoms with van der Waals surface area (Å²) < 4.78 is 5.82. The van der Waals surface area contributed by atoms with Crippen molar-refractivity contribution < 1.29 is 29.4 Å². The molecule has 1 aromatic heterocycles. The molecule has 8 heteroatoms. The normalized spacial score (nSPS) is 14.0. The number of hydrogen-bond donors (Lipinski definition) is 3. The molecule has 0 fully saturated rings. The van der Waals surface area contributed by atoms with E-state index in [1.807, 2.05) is 42.5 Å². The van der Waals surface area contributed by atoms with Crippen molar-refractivity contribution in [2.45, 2.75) is 12.8 Å². The highest BCUT2D eigenvalue weighted by Gasteiger charge is 2.30. The number of amides is 1. The van der Waals surface area contributed by atoms with Crippen molar-refractivity contribution in [3.63, 3.8) is 0 Å². The predicted octanol–water partition coefficient (Wildman–Crippen LogP) is 3.24. The Morgan fingerprint density at radius 3 is 2.41 bits per heavy atom. The Hall–Kier alpha value is -3.94. The Morgan fingerprint density at radius 1 is 1.00 bits per heavy atom. The molecule has 0 saturated heterocycles. The van der Waals surface area contributed by atoms with Crippen LogP contribution in [0, 0.1) is 0 Å². The molecule has 148 valence electrons. The number of benzene rings is 2. The summed E-state index contributed by atoms with van der Waals surface area (Å²) in [5.41, 5.74) is 4.58. The zero-order valence-corrected chi connectivity index (χ0v) is 15.5. The van der Waals surface area contributed by atoms with Gasteiger partial charge in [0.15, 0.2) is 0 Å². The Balaban J connectivity index is 1.57. The third-order valence-electron chi connectivity index (χ3n) is 4.71. The molecule has 0 saturated carbocycles. The summed E-state index contributed by atoms with van der Waals surface area (Å²) in [6.45, 7) is 1.42. The minimum atomic E-state index is -1.07. The second-order valence-electron chi connectivity index (χ2n) is 6.62. The summed E-state index contributed by atoms with van der Waals surface area (Å²) >= 11 is 0. The van der Waals surface area contributed by atoms with Crippen LogP contribution in [0.5, 0.6) is 11.8 Å². The van der Waals surface area contributed by atoms with Crippen molar-refractivity contribution in [3.8, 4) is 22.9 Å². The van der Waals surface area contributed by atoms with Gasteiger partial charge in [0.2, 0.25) is 17.7 Å². The number of fused-ring (bicyclic) bond motifs is 3. The number of nitrogens with zero attached hydrogens (tertiary/aromatic N) is 1. The largest absolute Gasteiger partial charge is 0.534 e. The van der Waals surface area contributed by atoms with Crippen molar-refractivity contribution in [3.05, 3.63) is 65.7 Å². The molecular formula is C21H18N2O6. The number of carbonyl (C=O) groups excluding carboxylic acids is 2. The Labute approximate surface area is 165 Å². The monoisotopic (exact) mass is 394 g/mol. The zero-order valence-electron chi connectivity index (χ0n) is 15.5. The molecule has 2 aromatic carbocycles. The third-order valence-corrected chi connectivity index (χ3v) is 4.71. The van der Waals surface area contributed by atoms with Crippen molar-refractivity contribution in [2.75, 3.05) is 11.9 Å². The van der Waals surface area contributed by atoms with Gasteiger partial charge in [0.05, 0.1) is 0 Å². The maximum Gasteiger partial charge on any atom is 0.534 e. The van der Waals surface area contributed by atoms with E-state index in [2.05, 4.69) is 5.32 Å². The number of hydrogen-bond acceptors (Lipinski definition) is 6. The van der Waals surface area contributed by atoms with Crippen LogP contribution in [-0.4, -0.2) is 33.6 Å². The van der Waals surface area contributed by atoms with E-state index in [-0.39, 0.29) is 18.4 Å². The molecule has 29 heavy (non-hydrogen) atoms. The van der Waals surface area contributed by atoms with Gasteiger partial charge in [-0.2, -0.15) is 0 Å². The van der Waals surface area contributed by atoms with Crippen molar-refractivity contribution in [1.29, 1.82) is 0 Å². The van der Waals surface area contributed by atoms with Crippen LogP contribution in [0.4, 0.5) is 10.5 Å². The zero-order chi connectivity index (χ0) is 20.5. The van der Waals surface area contributed by atoms with Gasteiger partial charge in [-0.15, -0.1) is 4.73 Å². The van der Waals surface area contributed by atoms with Crippen molar-refractivity contribution in [1.82, 2.24) is 4.73 Å². The van der Waals surface area contributed by atoms with Gasteiger partial charge in [-0.05, 0) is 34.4 Å². The van der Waals surface area contributed by atoms with Gasteiger partial charge < -0.3 is 20.3 Å². The SMILES string of the molecule is CC(=O)Nc1ccc2c(c1)C(COC(=O)On1c(O)ccc1O)c1ccccc1-2. The quantitative estimate of drug-likeness (QED) is 0.586. The van der Waals surface area contributed by atoms with E-state index in [0.717, 1.165) is 22.3 Å². The van der Waals surface area contributed by atoms with Gasteiger partial charge in [-0.1, -0.05) is 30.3 Å². The molecule has 8 nitrogen and oxygen atoms in total. The van der Waals surface area contributed by atoms with Gasteiger partial charge in [0.25, 0.3) is 0 Å². The second-order valence-corrected chi connectivity index (χ2v) is 6.62. The van der Waals surface area contributed by atoms with Gasteiger partial charge >= 0.3 is 6.16 Å². The van der Waals surface area contributed by atoms with Crippen LogP contribution in [0.25, 0.3) is 11.1 Å². The van der Waals surface area contributed by atoms with Crippen LogP contribution < -0.4 is 10.2 Å². The molecule has 1 aliphatic rings. The summed E-state index contributed by atoms with van der Waals surface area (Å²) in [6.07, 6.45) is -1.07. The number of ether oxygens (including phenoxy) is 1. The lowest BCUT2D eigenvalue weighted by Gasteiger charge is -2.15. The first kappa shape index (κ1) is 18.4. The fraction of sp³-hybridized carbons (Fsp3) is 0.143. The van der Waals surface area contributed by atoms with Crippen molar-refractivity contribution >= 4 is 17.7 Å². The summed E-state index contributed by atoms with van der Waals surface area (Å²) in [5, 5.41) is 21.9. The lowest BCUT2D eigenvalue weighted by molar-refractivity contribution is -0.114. The minimum absolute atomic E-state index is 0.0187. The molecule has 0 spiro atoms. The molecule has 1 atom stereocenters. The van der Waals surface area contributed by atoms with Crippen LogP contribution in [0.2, 0.25) is 0 Å². The molecule has 4 rings (SSSR count). The number of anilines is 1. The van der Waals surface area contributed by atoms with E-state index in [9.17, 15) is 19.8 Å². The number of carbonyl (C=O) groups is 2. The van der Waals surface area contributed by atoms with Crippen LogP contribution in [-0.2, 0) is 9.53 Å². The standard InChI is InChI=1S/C21H18N2O6/c1-12(24)22-13-6-7-16-14-4-2-3-5-15(14)18(17(16)10-13)11-28-21(27)29-23-19(25)8-9-20(23)26/h2-10,18,25-26H,11H2,1H3,(H,22,24). The Kier molecular flexibility index (Phi) is 4.59. The van der Waals surface area contributed by atoms with Gasteiger partial charge in [-0.3, -0.25) is 9.63 Å². The summed E-state index contributed by atoms with van der Waals surface area (Å²) in [5.74, 6) is -1.30. The lowest BCUT2D eigenvalue weighted by Crippen LogP contribution is -2.22. The van der Waals surface area contributed by atoms with Gasteiger partial charge in [0.1, 0.15) is 6.61 Å². The van der Waals surface area contributed by atoms with Gasteiger partial charge in [0, 0.05) is 30.7 Å². The molecule has 1 unspecified atom stereocenters. The highest BCUT2D eigenvalue weighted by Crippen LogP contribution is 2.45. The number of nitrogens with one attached hydrogen (secondary N) is 1. The molecular weight excluding hydrogens is 376 g/mol. The van der Waals surface area contributed by atoms with Crippen LogP contribution in [0.1, 0.15) is 24.0 Å². The second kappa shape index (κ2) is 7.23. The van der Waals surface area contributed by atoms with E-state index in [4.69, 9.17) is 9.57 Å². The highest BCUT2D eigenvalue weighted by molar-refractivity contribution is 5.90. The smallest absolute Gasteiger partial charge is 0.492 e. The molecule has 1 amide bonds. The average Bonchev–Trinajstić information content (AvgIpc) is 3.17. The average molecular weight is 394 g/mol. The fourth-order valence-electron chi connectivity index (χ4n) is 3.52. The lowest BCUT2D eigenvalue weighted by atomic mass is 9.97. The molecule has 1 heterocycles. The molecule has 0 bridgehead atoms. The van der Waals surface area contributed by atoms with Gasteiger partial charge in [-0.25, -0.2) is 4.79 Å². The summed E-state index contributed by atoms with van der Waals surface area (Å²) in [7, 11) is 0. The maximum atomic E-state index is 12.1. The minimum Gasteiger partial charge on any atom is -0.492 e. The van der Waals surface area contributed by atoms with Crippen LogP contribution in [0.15, 0.2) is 54.6 Å². The predicted molar refractivity (Wildman–Crippen MR) is 104 cm³/mol. The van der Waals surface area contributed by atoms with Crippen LogP contribution >= 0.6 is 0 Å². The summed E-state index contributed by atoms with van der Waals surface area (Å²) in [4.78, 5) is 28.3. The number of aromatic hydroxyl groups is 2. The first-order valence-electron chi connectivity index (χ1n) is 8.89. The van der Waals surface area contributed by atoms with E-state index in [1.54, 1.807) is 0 Å². The molecule has 0 radical (unpaired) electrons. The van der Waals surface area contributed by atoms with E-state index < -0.39 is 17.9 Å². The molecule has 0 aliphatic heterocycles. The third kappa shape index (κ3) is 3.47. The van der Waals surface area contributed by atoms with E-state index >= 15 is 0 Å². The molecule has 3 N–H and O–H groups in total. The van der Waals surface area contributed by atoms with Crippen molar-refractivity contribution in [2.24, 2.45) is 0 Å². The number of rotatable bonds is 4. The fourth-order valence-corrected chi connectivity index (χ4v) is 3.52. The highest BCUT2D eigenvalue weighted by atomic mass is 16.8. The van der Waals surface area contributed by atoms with E-state index in [1.165, 1.54) is 19.1 Å². The molecule has 3 aromatic rings.